The summed E-state index contributed by atoms with van der Waals surface area (Å²) in [5.74, 6) is 0.627. The van der Waals surface area contributed by atoms with Gasteiger partial charge < -0.3 is 9.84 Å². The summed E-state index contributed by atoms with van der Waals surface area (Å²) in [5, 5.41) is 17.2. The van der Waals surface area contributed by atoms with E-state index in [1.54, 1.807) is 6.92 Å². The predicted molar refractivity (Wildman–Crippen MR) is 54.2 cm³/mol. The van der Waals surface area contributed by atoms with Gasteiger partial charge in [0.25, 0.3) is 0 Å². The first-order chi connectivity index (χ1) is 7.25. The maximum absolute atomic E-state index is 9.31. The summed E-state index contributed by atoms with van der Waals surface area (Å²) < 4.78 is 7.11. The molecule has 1 saturated heterocycles. The van der Waals surface area contributed by atoms with E-state index in [1.165, 1.54) is 0 Å². The van der Waals surface area contributed by atoms with Crippen molar-refractivity contribution in [2.45, 2.75) is 32.4 Å². The average Bonchev–Trinajstić information content (AvgIpc) is 2.68. The molecule has 1 aromatic heterocycles. The first kappa shape index (κ1) is 10.6. The molecule has 5 nitrogen and oxygen atoms in total. The number of aliphatic hydroxyl groups is 1. The van der Waals surface area contributed by atoms with Crippen molar-refractivity contribution in [3.8, 4) is 0 Å². The van der Waals surface area contributed by atoms with E-state index >= 15 is 0 Å². The molecular formula is C10H17N3O2. The van der Waals surface area contributed by atoms with E-state index in [2.05, 4.69) is 10.3 Å². The molecule has 84 valence electrons. The highest BCUT2D eigenvalue weighted by Crippen LogP contribution is 2.17. The quantitative estimate of drug-likeness (QED) is 0.801. The fourth-order valence-corrected chi connectivity index (χ4v) is 1.79. The van der Waals surface area contributed by atoms with E-state index in [1.807, 2.05) is 10.9 Å². The molecule has 0 saturated carbocycles. The number of aromatic nitrogens is 3. The van der Waals surface area contributed by atoms with Gasteiger partial charge in [-0.25, -0.2) is 0 Å². The summed E-state index contributed by atoms with van der Waals surface area (Å²) in [5.41, 5.74) is 0.641. The van der Waals surface area contributed by atoms with Crippen LogP contribution in [0.25, 0.3) is 0 Å². The highest BCUT2D eigenvalue weighted by Gasteiger charge is 2.15. The SMILES string of the molecule is CC(O)c1cn(CC2CCOCC2)nn1. The summed E-state index contributed by atoms with van der Waals surface area (Å²) in [6, 6.07) is 0. The van der Waals surface area contributed by atoms with Gasteiger partial charge in [0.15, 0.2) is 0 Å². The Bertz CT molecular complexity index is 305. The zero-order chi connectivity index (χ0) is 10.7. The molecular weight excluding hydrogens is 194 g/mol. The molecule has 0 aliphatic carbocycles. The smallest absolute Gasteiger partial charge is 0.111 e. The van der Waals surface area contributed by atoms with E-state index in [4.69, 9.17) is 4.74 Å². The third kappa shape index (κ3) is 2.76. The van der Waals surface area contributed by atoms with Crippen molar-refractivity contribution in [3.63, 3.8) is 0 Å². The van der Waals surface area contributed by atoms with Crippen LogP contribution in [0.5, 0.6) is 0 Å². The second-order valence-corrected chi connectivity index (χ2v) is 4.10. The number of nitrogens with zero attached hydrogens (tertiary/aromatic N) is 3. The lowest BCUT2D eigenvalue weighted by molar-refractivity contribution is 0.0599. The van der Waals surface area contributed by atoms with Gasteiger partial charge >= 0.3 is 0 Å². The molecule has 1 aromatic rings. The molecule has 1 fully saturated rings. The summed E-state index contributed by atoms with van der Waals surface area (Å²) in [6.07, 6.45) is 3.46. The zero-order valence-electron chi connectivity index (χ0n) is 8.96. The van der Waals surface area contributed by atoms with E-state index in [-0.39, 0.29) is 0 Å². The summed E-state index contributed by atoms with van der Waals surface area (Å²) in [4.78, 5) is 0. The molecule has 0 amide bonds. The summed E-state index contributed by atoms with van der Waals surface area (Å²) in [7, 11) is 0. The lowest BCUT2D eigenvalue weighted by Gasteiger charge is -2.21. The van der Waals surface area contributed by atoms with Crippen molar-refractivity contribution < 1.29 is 9.84 Å². The first-order valence-corrected chi connectivity index (χ1v) is 5.41. The Morgan fingerprint density at radius 1 is 1.60 bits per heavy atom. The van der Waals surface area contributed by atoms with Crippen LogP contribution in [0.2, 0.25) is 0 Å². The topological polar surface area (TPSA) is 60.2 Å². The van der Waals surface area contributed by atoms with Crippen LogP contribution in [-0.2, 0) is 11.3 Å². The fraction of sp³-hybridized carbons (Fsp3) is 0.800. The Kier molecular flexibility index (Phi) is 3.33. The van der Waals surface area contributed by atoms with Crippen LogP contribution in [0.3, 0.4) is 0 Å². The molecule has 0 spiro atoms. The molecule has 1 atom stereocenters. The van der Waals surface area contributed by atoms with Crippen molar-refractivity contribution in [3.05, 3.63) is 11.9 Å². The minimum atomic E-state index is -0.534. The normalized spacial score (nSPS) is 20.4. The second kappa shape index (κ2) is 4.72. The standard InChI is InChI=1S/C10H17N3O2/c1-8(14)10-7-13(12-11-10)6-9-2-4-15-5-3-9/h7-9,14H,2-6H2,1H3. The maximum atomic E-state index is 9.31. The highest BCUT2D eigenvalue weighted by atomic mass is 16.5. The molecule has 1 unspecified atom stereocenters. The summed E-state index contributed by atoms with van der Waals surface area (Å²) >= 11 is 0. The van der Waals surface area contributed by atoms with Crippen LogP contribution in [0, 0.1) is 5.92 Å². The monoisotopic (exact) mass is 211 g/mol. The van der Waals surface area contributed by atoms with Crippen LogP contribution >= 0.6 is 0 Å². The van der Waals surface area contributed by atoms with Crippen LogP contribution in [0.15, 0.2) is 6.20 Å². The van der Waals surface area contributed by atoms with Gasteiger partial charge in [0, 0.05) is 19.8 Å². The Labute approximate surface area is 89.0 Å². The minimum absolute atomic E-state index is 0.534. The molecule has 0 bridgehead atoms. The van der Waals surface area contributed by atoms with Gasteiger partial charge in [-0.05, 0) is 25.7 Å². The Balaban J connectivity index is 1.91. The highest BCUT2D eigenvalue weighted by molar-refractivity contribution is 4.95. The van der Waals surface area contributed by atoms with Gasteiger partial charge in [0.05, 0.1) is 12.3 Å². The Morgan fingerprint density at radius 2 is 2.33 bits per heavy atom. The van der Waals surface area contributed by atoms with Crippen LogP contribution in [0.4, 0.5) is 0 Å². The van der Waals surface area contributed by atoms with E-state index in [0.717, 1.165) is 32.6 Å². The molecule has 2 heterocycles. The molecule has 0 aromatic carbocycles. The van der Waals surface area contributed by atoms with Crippen molar-refractivity contribution in [2.75, 3.05) is 13.2 Å². The molecule has 5 heteroatoms. The number of ether oxygens (including phenoxy) is 1. The predicted octanol–water partition coefficient (Wildman–Crippen LogP) is 0.758. The molecule has 2 rings (SSSR count). The van der Waals surface area contributed by atoms with Gasteiger partial charge in [-0.15, -0.1) is 5.10 Å². The first-order valence-electron chi connectivity index (χ1n) is 5.41. The number of rotatable bonds is 3. The van der Waals surface area contributed by atoms with E-state index < -0.39 is 6.10 Å². The molecule has 0 radical (unpaired) electrons. The lowest BCUT2D eigenvalue weighted by Crippen LogP contribution is -2.20. The van der Waals surface area contributed by atoms with E-state index in [0.29, 0.717) is 11.6 Å². The van der Waals surface area contributed by atoms with Crippen molar-refractivity contribution in [1.82, 2.24) is 15.0 Å². The van der Waals surface area contributed by atoms with Gasteiger partial charge in [-0.1, -0.05) is 5.21 Å². The van der Waals surface area contributed by atoms with Crippen LogP contribution in [0.1, 0.15) is 31.6 Å². The third-order valence-corrected chi connectivity index (χ3v) is 2.77. The molecule has 1 aliphatic heterocycles. The fourth-order valence-electron chi connectivity index (χ4n) is 1.79. The number of aliphatic hydroxyl groups excluding tert-OH is 1. The Hall–Kier alpha value is -0.940. The number of hydrogen-bond donors (Lipinski definition) is 1. The Morgan fingerprint density at radius 3 is 2.93 bits per heavy atom. The van der Waals surface area contributed by atoms with Gasteiger partial charge in [-0.2, -0.15) is 0 Å². The largest absolute Gasteiger partial charge is 0.387 e. The lowest BCUT2D eigenvalue weighted by atomic mass is 10.0. The van der Waals surface area contributed by atoms with Crippen LogP contribution in [-0.4, -0.2) is 33.3 Å². The van der Waals surface area contributed by atoms with E-state index in [9.17, 15) is 5.11 Å². The van der Waals surface area contributed by atoms with Gasteiger partial charge in [-0.3, -0.25) is 4.68 Å². The second-order valence-electron chi connectivity index (χ2n) is 4.10. The molecule has 1 aliphatic rings. The van der Waals surface area contributed by atoms with Crippen LogP contribution < -0.4 is 0 Å². The van der Waals surface area contributed by atoms with Gasteiger partial charge in [0.2, 0.25) is 0 Å². The third-order valence-electron chi connectivity index (χ3n) is 2.77. The minimum Gasteiger partial charge on any atom is -0.387 e. The van der Waals surface area contributed by atoms with Crippen molar-refractivity contribution in [1.29, 1.82) is 0 Å². The zero-order valence-corrected chi connectivity index (χ0v) is 8.96. The maximum Gasteiger partial charge on any atom is 0.111 e. The number of hydrogen-bond acceptors (Lipinski definition) is 4. The molecule has 15 heavy (non-hydrogen) atoms. The van der Waals surface area contributed by atoms with Crippen molar-refractivity contribution >= 4 is 0 Å². The molecule has 1 N–H and O–H groups in total. The van der Waals surface area contributed by atoms with Crippen molar-refractivity contribution in [2.24, 2.45) is 5.92 Å². The van der Waals surface area contributed by atoms with Gasteiger partial charge in [0.1, 0.15) is 5.69 Å². The average molecular weight is 211 g/mol. The summed E-state index contributed by atoms with van der Waals surface area (Å²) in [6.45, 7) is 4.27.